The summed E-state index contributed by atoms with van der Waals surface area (Å²) in [4.78, 5) is 12.7. The van der Waals surface area contributed by atoms with Crippen molar-refractivity contribution in [2.75, 3.05) is 6.54 Å². The highest BCUT2D eigenvalue weighted by molar-refractivity contribution is 7.19. The molecule has 3 N–H and O–H groups in total. The molecule has 1 aromatic carbocycles. The maximum Gasteiger partial charge on any atom is 0.224 e. The Balaban J connectivity index is 2.18. The number of hydrogen-bond donors (Lipinski definition) is 2. The van der Waals surface area contributed by atoms with Gasteiger partial charge in [0.2, 0.25) is 5.91 Å². The predicted octanol–water partition coefficient (Wildman–Crippen LogP) is 3.37. The van der Waals surface area contributed by atoms with Crippen LogP contribution in [0.5, 0.6) is 0 Å². The first kappa shape index (κ1) is 15.0. The van der Waals surface area contributed by atoms with Crippen LogP contribution in [0.1, 0.15) is 37.3 Å². The number of thiophene rings is 1. The summed E-state index contributed by atoms with van der Waals surface area (Å²) in [6, 6.07) is 8.66. The van der Waals surface area contributed by atoms with Crippen molar-refractivity contribution in [1.29, 1.82) is 0 Å². The summed E-state index contributed by atoms with van der Waals surface area (Å²) in [5.41, 5.74) is 6.20. The summed E-state index contributed by atoms with van der Waals surface area (Å²) < 4.78 is 1.31. The third-order valence-electron chi connectivity index (χ3n) is 3.79. The van der Waals surface area contributed by atoms with Gasteiger partial charge in [-0.15, -0.1) is 11.3 Å². The van der Waals surface area contributed by atoms with Crippen LogP contribution in [-0.4, -0.2) is 12.5 Å². The Morgan fingerprint density at radius 3 is 2.65 bits per heavy atom. The van der Waals surface area contributed by atoms with Crippen molar-refractivity contribution in [3.8, 4) is 0 Å². The topological polar surface area (TPSA) is 55.1 Å². The number of fused-ring (bicyclic) bond motifs is 1. The Morgan fingerprint density at radius 2 is 2.05 bits per heavy atom. The van der Waals surface area contributed by atoms with Crippen molar-refractivity contribution in [3.63, 3.8) is 0 Å². The molecule has 1 atom stereocenters. The molecule has 0 spiro atoms. The maximum atomic E-state index is 11.4. The minimum Gasteiger partial charge on any atom is -0.369 e. The number of hydrogen-bond acceptors (Lipinski definition) is 3. The summed E-state index contributed by atoms with van der Waals surface area (Å²) in [5.74, 6) is -0.273. The van der Waals surface area contributed by atoms with Gasteiger partial charge in [0.15, 0.2) is 0 Å². The summed E-state index contributed by atoms with van der Waals surface area (Å²) >= 11 is 1.81. The Labute approximate surface area is 124 Å². The maximum absolute atomic E-state index is 11.4. The highest BCUT2D eigenvalue weighted by Crippen LogP contribution is 2.34. The summed E-state index contributed by atoms with van der Waals surface area (Å²) in [6.45, 7) is 8.61. The van der Waals surface area contributed by atoms with Crippen LogP contribution >= 0.6 is 11.3 Å². The van der Waals surface area contributed by atoms with Crippen LogP contribution in [0.4, 0.5) is 0 Å². The molecule has 1 aromatic heterocycles. The van der Waals surface area contributed by atoms with E-state index in [1.54, 1.807) is 0 Å². The van der Waals surface area contributed by atoms with Crippen molar-refractivity contribution in [1.82, 2.24) is 5.32 Å². The Hall–Kier alpha value is -1.39. The van der Waals surface area contributed by atoms with Gasteiger partial charge in [0.25, 0.3) is 0 Å². The predicted molar refractivity (Wildman–Crippen MR) is 86.0 cm³/mol. The van der Waals surface area contributed by atoms with Gasteiger partial charge in [-0.1, -0.05) is 18.2 Å². The average molecular weight is 290 g/mol. The van der Waals surface area contributed by atoms with Crippen LogP contribution in [0.15, 0.2) is 24.3 Å². The molecule has 4 heteroatoms. The van der Waals surface area contributed by atoms with Gasteiger partial charge < -0.3 is 11.1 Å². The molecule has 2 aromatic rings. The van der Waals surface area contributed by atoms with E-state index in [0.717, 1.165) is 0 Å². The Morgan fingerprint density at radius 1 is 1.40 bits per heavy atom. The van der Waals surface area contributed by atoms with Crippen molar-refractivity contribution in [3.05, 3.63) is 34.7 Å². The molecule has 0 saturated carbocycles. The highest BCUT2D eigenvalue weighted by Gasteiger charge is 2.26. The zero-order valence-electron chi connectivity index (χ0n) is 12.5. The molecule has 0 aliphatic heterocycles. The first-order chi connectivity index (χ1) is 9.33. The van der Waals surface area contributed by atoms with Crippen LogP contribution in [0.25, 0.3) is 10.1 Å². The quantitative estimate of drug-likeness (QED) is 0.887. The van der Waals surface area contributed by atoms with Gasteiger partial charge in [-0.25, -0.2) is 0 Å². The number of nitrogens with one attached hydrogen (secondary N) is 1. The lowest BCUT2D eigenvalue weighted by atomic mass is 9.92. The van der Waals surface area contributed by atoms with E-state index in [2.05, 4.69) is 43.4 Å². The third-order valence-corrected chi connectivity index (χ3v) is 5.25. The number of aryl methyl sites for hydroxylation is 1. The van der Waals surface area contributed by atoms with Crippen LogP contribution in [0.3, 0.4) is 0 Å². The van der Waals surface area contributed by atoms with Gasteiger partial charge in [-0.05, 0) is 44.7 Å². The van der Waals surface area contributed by atoms with E-state index < -0.39 is 5.41 Å². The minimum absolute atomic E-state index is 0.214. The number of benzene rings is 1. The molecule has 0 radical (unpaired) electrons. The molecule has 0 aliphatic rings. The van der Waals surface area contributed by atoms with E-state index in [-0.39, 0.29) is 11.9 Å². The van der Waals surface area contributed by atoms with Gasteiger partial charge in [0, 0.05) is 22.2 Å². The molecule has 108 valence electrons. The lowest BCUT2D eigenvalue weighted by Crippen LogP contribution is -2.41. The van der Waals surface area contributed by atoms with E-state index in [4.69, 9.17) is 5.73 Å². The summed E-state index contributed by atoms with van der Waals surface area (Å²) in [5, 5.41) is 4.75. The van der Waals surface area contributed by atoms with Gasteiger partial charge in [-0.3, -0.25) is 4.79 Å². The number of primary amides is 1. The normalized spacial score (nSPS) is 13.6. The Kier molecular flexibility index (Phi) is 4.16. The van der Waals surface area contributed by atoms with Crippen LogP contribution in [-0.2, 0) is 4.79 Å². The monoisotopic (exact) mass is 290 g/mol. The summed E-state index contributed by atoms with van der Waals surface area (Å²) in [7, 11) is 0. The molecule has 3 nitrogen and oxygen atoms in total. The third kappa shape index (κ3) is 2.86. The fourth-order valence-corrected chi connectivity index (χ4v) is 3.43. The molecule has 2 rings (SSSR count). The van der Waals surface area contributed by atoms with Crippen molar-refractivity contribution < 1.29 is 4.79 Å². The number of amides is 1. The zero-order valence-corrected chi connectivity index (χ0v) is 13.3. The van der Waals surface area contributed by atoms with Crippen molar-refractivity contribution in [2.45, 2.75) is 33.7 Å². The SMILES string of the molecule is Cc1c(C(C)NCC(C)(C)C(N)=O)sc2ccccc12. The molecule has 1 unspecified atom stereocenters. The standard InChI is InChI=1S/C16H22N2OS/c1-10-12-7-5-6-8-13(12)20-14(10)11(2)18-9-16(3,4)15(17)19/h5-8,11,18H,9H2,1-4H3,(H2,17,19). The molecule has 1 amide bonds. The zero-order chi connectivity index (χ0) is 14.9. The second-order valence-corrected chi connectivity index (χ2v) is 7.02. The highest BCUT2D eigenvalue weighted by atomic mass is 32.1. The lowest BCUT2D eigenvalue weighted by Gasteiger charge is -2.23. The fraction of sp³-hybridized carbons (Fsp3) is 0.438. The van der Waals surface area contributed by atoms with E-state index in [1.807, 2.05) is 25.2 Å². The van der Waals surface area contributed by atoms with Crippen LogP contribution in [0, 0.1) is 12.3 Å². The fourth-order valence-electron chi connectivity index (χ4n) is 2.19. The number of nitrogens with two attached hydrogens (primary N) is 1. The van der Waals surface area contributed by atoms with Crippen molar-refractivity contribution >= 4 is 27.3 Å². The van der Waals surface area contributed by atoms with Gasteiger partial charge in [-0.2, -0.15) is 0 Å². The lowest BCUT2D eigenvalue weighted by molar-refractivity contribution is -0.125. The smallest absolute Gasteiger partial charge is 0.224 e. The average Bonchev–Trinajstić information content (AvgIpc) is 2.74. The number of carbonyl (C=O) groups excluding carboxylic acids is 1. The first-order valence-electron chi connectivity index (χ1n) is 6.84. The molecule has 0 fully saturated rings. The van der Waals surface area contributed by atoms with Gasteiger partial charge in [0.05, 0.1) is 5.41 Å². The Bertz CT molecular complexity index is 630. The van der Waals surface area contributed by atoms with Crippen LogP contribution < -0.4 is 11.1 Å². The van der Waals surface area contributed by atoms with Crippen LogP contribution in [0.2, 0.25) is 0 Å². The number of carbonyl (C=O) groups is 1. The largest absolute Gasteiger partial charge is 0.369 e. The molecule has 1 heterocycles. The van der Waals surface area contributed by atoms with E-state index in [9.17, 15) is 4.79 Å². The van der Waals surface area contributed by atoms with E-state index in [1.165, 1.54) is 20.5 Å². The molecule has 0 bridgehead atoms. The van der Waals surface area contributed by atoms with Gasteiger partial charge >= 0.3 is 0 Å². The first-order valence-corrected chi connectivity index (χ1v) is 7.66. The molecule has 20 heavy (non-hydrogen) atoms. The molecular formula is C16H22N2OS. The summed E-state index contributed by atoms with van der Waals surface area (Å²) in [6.07, 6.45) is 0. The minimum atomic E-state index is -0.529. The second kappa shape index (κ2) is 5.54. The molecular weight excluding hydrogens is 268 g/mol. The molecule has 0 saturated heterocycles. The van der Waals surface area contributed by atoms with Gasteiger partial charge in [0.1, 0.15) is 0 Å². The van der Waals surface area contributed by atoms with Crippen molar-refractivity contribution in [2.24, 2.45) is 11.1 Å². The van der Waals surface area contributed by atoms with E-state index in [0.29, 0.717) is 6.54 Å². The van der Waals surface area contributed by atoms with E-state index >= 15 is 0 Å². The molecule has 0 aliphatic carbocycles. The second-order valence-electron chi connectivity index (χ2n) is 5.94. The number of rotatable bonds is 5.